The van der Waals surface area contributed by atoms with Crippen LogP contribution in [0.15, 0.2) is 28.8 Å². The fourth-order valence-corrected chi connectivity index (χ4v) is 2.21. The van der Waals surface area contributed by atoms with Gasteiger partial charge in [-0.3, -0.25) is 9.59 Å². The second-order valence-electron chi connectivity index (χ2n) is 4.85. The molecule has 1 aromatic carbocycles. The van der Waals surface area contributed by atoms with E-state index in [1.54, 1.807) is 24.4 Å². The molecule has 0 spiro atoms. The molecule has 0 saturated heterocycles. The van der Waals surface area contributed by atoms with Crippen molar-refractivity contribution < 1.29 is 14.0 Å². The largest absolute Gasteiger partial charge is 0.444 e. The van der Waals surface area contributed by atoms with E-state index in [4.69, 9.17) is 4.42 Å². The Morgan fingerprint density at radius 2 is 2.33 bits per heavy atom. The monoisotopic (exact) mass is 285 g/mol. The topological polar surface area (TPSA) is 84.2 Å². The summed E-state index contributed by atoms with van der Waals surface area (Å²) in [4.78, 5) is 27.5. The zero-order chi connectivity index (χ0) is 14.8. The number of nitrogens with zero attached hydrogens (tertiary/aromatic N) is 1. The van der Waals surface area contributed by atoms with Crippen LogP contribution in [0, 0.1) is 0 Å². The van der Waals surface area contributed by atoms with E-state index in [0.29, 0.717) is 23.6 Å². The van der Waals surface area contributed by atoms with Gasteiger partial charge in [0.2, 0.25) is 11.8 Å². The summed E-state index contributed by atoms with van der Waals surface area (Å²) < 4.78 is 5.42. The predicted molar refractivity (Wildman–Crippen MR) is 75.8 cm³/mol. The maximum Gasteiger partial charge on any atom is 0.251 e. The molecular weight excluding hydrogens is 270 g/mol. The number of nitrogens with one attached hydrogen (secondary N) is 2. The van der Waals surface area contributed by atoms with Gasteiger partial charge in [0.25, 0.3) is 5.91 Å². The summed E-state index contributed by atoms with van der Waals surface area (Å²) in [5.41, 5.74) is 2.12. The highest BCUT2D eigenvalue weighted by molar-refractivity contribution is 6.02. The van der Waals surface area contributed by atoms with E-state index in [1.807, 2.05) is 6.92 Å². The van der Waals surface area contributed by atoms with Gasteiger partial charge in [-0.05, 0) is 17.7 Å². The zero-order valence-corrected chi connectivity index (χ0v) is 11.6. The summed E-state index contributed by atoms with van der Waals surface area (Å²) in [7, 11) is 0. The lowest BCUT2D eigenvalue weighted by Crippen LogP contribution is -2.23. The normalized spacial score (nSPS) is 12.9. The molecule has 2 amide bonds. The minimum Gasteiger partial charge on any atom is -0.444 e. The average Bonchev–Trinajstić information content (AvgIpc) is 3.08. The van der Waals surface area contributed by atoms with Crippen LogP contribution < -0.4 is 10.6 Å². The Bertz CT molecular complexity index is 706. The van der Waals surface area contributed by atoms with Crippen LogP contribution in [0.5, 0.6) is 0 Å². The van der Waals surface area contributed by atoms with Crippen LogP contribution in [0.2, 0.25) is 0 Å². The molecule has 0 fully saturated rings. The summed E-state index contributed by atoms with van der Waals surface area (Å²) in [6.45, 7) is 2.21. The van der Waals surface area contributed by atoms with Gasteiger partial charge in [-0.1, -0.05) is 13.0 Å². The first-order valence-corrected chi connectivity index (χ1v) is 6.80. The molecule has 0 bridgehead atoms. The molecule has 3 rings (SSSR count). The Labute approximate surface area is 121 Å². The molecule has 21 heavy (non-hydrogen) atoms. The van der Waals surface area contributed by atoms with Crippen molar-refractivity contribution in [3.63, 3.8) is 0 Å². The molecule has 0 saturated carbocycles. The van der Waals surface area contributed by atoms with Gasteiger partial charge < -0.3 is 15.1 Å². The van der Waals surface area contributed by atoms with Gasteiger partial charge in [0, 0.05) is 17.7 Å². The van der Waals surface area contributed by atoms with E-state index in [-0.39, 0.29) is 18.4 Å². The van der Waals surface area contributed by atoms with E-state index in [0.717, 1.165) is 17.7 Å². The van der Waals surface area contributed by atoms with Crippen molar-refractivity contribution in [3.05, 3.63) is 47.2 Å². The number of amides is 2. The summed E-state index contributed by atoms with van der Waals surface area (Å²) >= 11 is 0. The molecule has 0 atom stereocenters. The lowest BCUT2D eigenvalue weighted by Gasteiger charge is -2.05. The molecule has 1 aliphatic heterocycles. The summed E-state index contributed by atoms with van der Waals surface area (Å²) in [5.74, 6) is 0.999. The molecule has 2 heterocycles. The Hall–Kier alpha value is -2.63. The van der Waals surface area contributed by atoms with Crippen molar-refractivity contribution in [1.29, 1.82) is 0 Å². The summed E-state index contributed by atoms with van der Waals surface area (Å²) in [5, 5.41) is 5.47. The molecule has 2 aromatic rings. The third kappa shape index (κ3) is 2.79. The van der Waals surface area contributed by atoms with Gasteiger partial charge in [0.05, 0.1) is 19.2 Å². The van der Waals surface area contributed by atoms with Crippen LogP contribution >= 0.6 is 0 Å². The number of rotatable bonds is 4. The Morgan fingerprint density at radius 3 is 3.10 bits per heavy atom. The Morgan fingerprint density at radius 1 is 1.48 bits per heavy atom. The minimum atomic E-state index is -0.227. The van der Waals surface area contributed by atoms with E-state index < -0.39 is 0 Å². The molecule has 6 nitrogen and oxygen atoms in total. The van der Waals surface area contributed by atoms with Crippen molar-refractivity contribution in [1.82, 2.24) is 10.3 Å². The number of hydrogen-bond donors (Lipinski definition) is 2. The third-order valence-electron chi connectivity index (χ3n) is 3.35. The zero-order valence-electron chi connectivity index (χ0n) is 11.6. The summed E-state index contributed by atoms with van der Waals surface area (Å²) in [6.07, 6.45) is 2.80. The maximum absolute atomic E-state index is 12.1. The van der Waals surface area contributed by atoms with Gasteiger partial charge in [0.1, 0.15) is 5.76 Å². The second kappa shape index (κ2) is 5.40. The number of oxazole rings is 1. The van der Waals surface area contributed by atoms with Crippen molar-refractivity contribution in [2.24, 2.45) is 0 Å². The van der Waals surface area contributed by atoms with E-state index >= 15 is 0 Å². The fraction of sp³-hybridized carbons (Fsp3) is 0.267. The van der Waals surface area contributed by atoms with Crippen LogP contribution in [0.25, 0.3) is 0 Å². The molecule has 0 radical (unpaired) electrons. The molecular formula is C15H15N3O3. The van der Waals surface area contributed by atoms with Gasteiger partial charge in [0.15, 0.2) is 0 Å². The second-order valence-corrected chi connectivity index (χ2v) is 4.85. The molecule has 0 aliphatic carbocycles. The number of hydrogen-bond acceptors (Lipinski definition) is 4. The highest BCUT2D eigenvalue weighted by atomic mass is 16.4. The molecule has 108 valence electrons. The number of fused-ring (bicyclic) bond motifs is 1. The van der Waals surface area contributed by atoms with E-state index in [2.05, 4.69) is 15.6 Å². The van der Waals surface area contributed by atoms with E-state index in [1.165, 1.54) is 0 Å². The predicted octanol–water partition coefficient (Wildman–Crippen LogP) is 1.66. The first kappa shape index (κ1) is 13.4. The van der Waals surface area contributed by atoms with Crippen LogP contribution in [0.4, 0.5) is 5.69 Å². The van der Waals surface area contributed by atoms with Crippen molar-refractivity contribution in [3.8, 4) is 0 Å². The molecule has 2 N–H and O–H groups in total. The number of aromatic nitrogens is 1. The first-order chi connectivity index (χ1) is 10.2. The van der Waals surface area contributed by atoms with Gasteiger partial charge >= 0.3 is 0 Å². The van der Waals surface area contributed by atoms with Gasteiger partial charge in [-0.15, -0.1) is 0 Å². The highest BCUT2D eigenvalue weighted by Crippen LogP contribution is 2.23. The van der Waals surface area contributed by atoms with Crippen LogP contribution in [0.1, 0.15) is 34.5 Å². The standard InChI is InChI=1S/C15H15N3O3/c1-2-11-7-16-14(21-11)8-17-15(20)10-4-3-9-6-13(19)18-12(9)5-10/h3-5,7H,2,6,8H2,1H3,(H,17,20)(H,18,19). The molecule has 1 aliphatic rings. The number of benzene rings is 1. The Kier molecular flexibility index (Phi) is 3.43. The van der Waals surface area contributed by atoms with Crippen molar-refractivity contribution in [2.75, 3.05) is 5.32 Å². The van der Waals surface area contributed by atoms with Crippen molar-refractivity contribution >= 4 is 17.5 Å². The smallest absolute Gasteiger partial charge is 0.251 e. The SMILES string of the molecule is CCc1cnc(CNC(=O)c2ccc3c(c2)NC(=O)C3)o1. The van der Waals surface area contributed by atoms with Gasteiger partial charge in [-0.2, -0.15) is 0 Å². The molecule has 1 aromatic heterocycles. The fourth-order valence-electron chi connectivity index (χ4n) is 2.21. The highest BCUT2D eigenvalue weighted by Gasteiger charge is 2.19. The van der Waals surface area contributed by atoms with Crippen molar-refractivity contribution in [2.45, 2.75) is 26.3 Å². The maximum atomic E-state index is 12.1. The van der Waals surface area contributed by atoms with Crippen LogP contribution in [-0.4, -0.2) is 16.8 Å². The molecule has 6 heteroatoms. The van der Waals surface area contributed by atoms with Crippen LogP contribution in [-0.2, 0) is 24.2 Å². The Balaban J connectivity index is 1.66. The lowest BCUT2D eigenvalue weighted by atomic mass is 10.1. The molecule has 0 unspecified atom stereocenters. The number of carbonyl (C=O) groups is 2. The van der Waals surface area contributed by atoms with Gasteiger partial charge in [-0.25, -0.2) is 4.98 Å². The van der Waals surface area contributed by atoms with Crippen LogP contribution in [0.3, 0.4) is 0 Å². The summed E-state index contributed by atoms with van der Waals surface area (Å²) in [6, 6.07) is 5.19. The number of aryl methyl sites for hydroxylation is 1. The average molecular weight is 285 g/mol. The quantitative estimate of drug-likeness (QED) is 0.894. The number of carbonyl (C=O) groups excluding carboxylic acids is 2. The first-order valence-electron chi connectivity index (χ1n) is 6.80. The third-order valence-corrected chi connectivity index (χ3v) is 3.35. The number of anilines is 1. The minimum absolute atomic E-state index is 0.0468. The lowest BCUT2D eigenvalue weighted by molar-refractivity contribution is -0.115. The van der Waals surface area contributed by atoms with E-state index in [9.17, 15) is 9.59 Å².